The summed E-state index contributed by atoms with van der Waals surface area (Å²) in [5, 5.41) is 8.37. The molecular formula is C23H23ClN6O3S. The van der Waals surface area contributed by atoms with Crippen LogP contribution in [-0.4, -0.2) is 66.2 Å². The fourth-order valence-corrected chi connectivity index (χ4v) is 5.13. The van der Waals surface area contributed by atoms with E-state index < -0.39 is 0 Å². The van der Waals surface area contributed by atoms with Gasteiger partial charge in [0.1, 0.15) is 4.88 Å². The van der Waals surface area contributed by atoms with E-state index in [0.29, 0.717) is 42.9 Å². The first-order chi connectivity index (χ1) is 16.5. The lowest BCUT2D eigenvalue weighted by molar-refractivity contribution is 0.0962. The first-order valence-corrected chi connectivity index (χ1v) is 12.0. The number of hydrogen-bond acceptors (Lipinski definition) is 9. The van der Waals surface area contributed by atoms with Crippen molar-refractivity contribution in [3.8, 4) is 11.8 Å². The molecule has 0 saturated heterocycles. The van der Waals surface area contributed by atoms with Crippen LogP contribution in [0.2, 0.25) is 5.28 Å². The molecule has 1 aliphatic heterocycles. The molecule has 0 radical (unpaired) electrons. The van der Waals surface area contributed by atoms with Gasteiger partial charge < -0.3 is 20.1 Å². The van der Waals surface area contributed by atoms with Gasteiger partial charge in [0.2, 0.25) is 17.0 Å². The number of amides is 1. The summed E-state index contributed by atoms with van der Waals surface area (Å²) in [6.45, 7) is 3.20. The molecule has 1 amide bonds. The van der Waals surface area contributed by atoms with Crippen LogP contribution in [0.1, 0.15) is 15.2 Å². The molecule has 0 bridgehead atoms. The highest BCUT2D eigenvalue weighted by molar-refractivity contribution is 7.21. The van der Waals surface area contributed by atoms with Crippen molar-refractivity contribution in [1.29, 1.82) is 0 Å². The molecule has 0 fully saturated rings. The van der Waals surface area contributed by atoms with Crippen molar-refractivity contribution in [2.75, 3.05) is 45.7 Å². The van der Waals surface area contributed by atoms with Crippen molar-refractivity contribution in [3.05, 3.63) is 46.2 Å². The van der Waals surface area contributed by atoms with Gasteiger partial charge in [0.05, 0.1) is 17.8 Å². The van der Waals surface area contributed by atoms with Gasteiger partial charge in [-0.05, 0) is 36.8 Å². The van der Waals surface area contributed by atoms with Crippen LogP contribution in [0, 0.1) is 0 Å². The van der Waals surface area contributed by atoms with Gasteiger partial charge >= 0.3 is 0 Å². The van der Waals surface area contributed by atoms with Gasteiger partial charge in [-0.3, -0.25) is 9.69 Å². The summed E-state index contributed by atoms with van der Waals surface area (Å²) in [6, 6.07) is 7.69. The highest BCUT2D eigenvalue weighted by atomic mass is 35.5. The minimum atomic E-state index is -0.0501. The maximum Gasteiger partial charge on any atom is 0.263 e. The Morgan fingerprint density at radius 2 is 2.03 bits per heavy atom. The smallest absolute Gasteiger partial charge is 0.263 e. The Morgan fingerprint density at radius 3 is 2.88 bits per heavy atom. The monoisotopic (exact) mass is 498 g/mol. The molecule has 0 aliphatic carbocycles. The standard InChI is InChI=1S/C23H23ClN6O3S/c1-30(9-10-32-2)12-13-11-27-23(24)29-22(13)33-17-6-3-14-15(28-17)4-5-16-18(14)19-20(34-16)21(31)26-8-7-25-19/h3-6,11,25H,7-10,12H2,1-2H3,(H,26,31). The number of halogens is 1. The molecule has 0 atom stereocenters. The number of rotatable bonds is 7. The van der Waals surface area contributed by atoms with Crippen molar-refractivity contribution in [2.45, 2.75) is 6.54 Å². The number of hydrogen-bond donors (Lipinski definition) is 2. The normalized spacial score (nSPS) is 13.6. The van der Waals surface area contributed by atoms with Gasteiger partial charge in [0.25, 0.3) is 5.91 Å². The number of ether oxygens (including phenoxy) is 2. The first-order valence-electron chi connectivity index (χ1n) is 10.8. The zero-order valence-corrected chi connectivity index (χ0v) is 20.3. The summed E-state index contributed by atoms with van der Waals surface area (Å²) in [7, 11) is 3.65. The van der Waals surface area contributed by atoms with Crippen LogP contribution in [-0.2, 0) is 11.3 Å². The van der Waals surface area contributed by atoms with Gasteiger partial charge in [-0.15, -0.1) is 11.3 Å². The highest BCUT2D eigenvalue weighted by Gasteiger charge is 2.22. The number of carbonyl (C=O) groups is 1. The molecule has 0 unspecified atom stereocenters. The van der Waals surface area contributed by atoms with Crippen molar-refractivity contribution in [1.82, 2.24) is 25.2 Å². The molecule has 9 nitrogen and oxygen atoms in total. The number of nitrogens with zero attached hydrogens (tertiary/aromatic N) is 4. The van der Waals surface area contributed by atoms with E-state index in [4.69, 9.17) is 26.1 Å². The molecule has 34 heavy (non-hydrogen) atoms. The number of benzene rings is 1. The Balaban J connectivity index is 1.49. The van der Waals surface area contributed by atoms with Crippen LogP contribution >= 0.6 is 22.9 Å². The average Bonchev–Trinajstić information content (AvgIpc) is 3.11. The summed E-state index contributed by atoms with van der Waals surface area (Å²) in [5.41, 5.74) is 2.41. The minimum Gasteiger partial charge on any atom is -0.420 e. The van der Waals surface area contributed by atoms with E-state index in [2.05, 4.69) is 25.5 Å². The molecule has 176 valence electrons. The van der Waals surface area contributed by atoms with Crippen molar-refractivity contribution in [2.24, 2.45) is 0 Å². The number of likely N-dealkylation sites (N-methyl/N-ethyl adjacent to an activating group) is 1. The number of thiophene rings is 1. The fraction of sp³-hybridized carbons (Fsp3) is 0.304. The number of carbonyl (C=O) groups excluding carboxylic acids is 1. The Bertz CT molecular complexity index is 1380. The van der Waals surface area contributed by atoms with Crippen molar-refractivity contribution in [3.63, 3.8) is 0 Å². The zero-order chi connectivity index (χ0) is 23.7. The second kappa shape index (κ2) is 9.67. The first kappa shape index (κ1) is 22.7. The number of pyridine rings is 1. The van der Waals surface area contributed by atoms with Gasteiger partial charge in [-0.2, -0.15) is 4.98 Å². The van der Waals surface area contributed by atoms with E-state index in [1.807, 2.05) is 25.2 Å². The SMILES string of the molecule is COCCN(C)Cc1cnc(Cl)nc1Oc1ccc2c(ccc3sc4c(c32)NCCNC4=O)n1. The van der Waals surface area contributed by atoms with Crippen molar-refractivity contribution >= 4 is 55.5 Å². The topological polar surface area (TPSA) is 102 Å². The Kier molecular flexibility index (Phi) is 6.46. The van der Waals surface area contributed by atoms with Gasteiger partial charge in [-0.1, -0.05) is 0 Å². The maximum atomic E-state index is 12.5. The molecular weight excluding hydrogens is 476 g/mol. The van der Waals surface area contributed by atoms with E-state index in [1.54, 1.807) is 19.4 Å². The lowest BCUT2D eigenvalue weighted by Gasteiger charge is -2.17. The Labute approximate surface area is 205 Å². The van der Waals surface area contributed by atoms with Gasteiger partial charge in [0.15, 0.2) is 0 Å². The number of fused-ring (bicyclic) bond motifs is 5. The second-order valence-corrected chi connectivity index (χ2v) is 9.34. The third-order valence-corrected chi connectivity index (χ3v) is 6.87. The Morgan fingerprint density at radius 1 is 1.18 bits per heavy atom. The summed E-state index contributed by atoms with van der Waals surface area (Å²) in [6.07, 6.45) is 1.66. The van der Waals surface area contributed by atoms with Gasteiger partial charge in [-0.25, -0.2) is 9.97 Å². The molecule has 4 heterocycles. The predicted octanol–water partition coefficient (Wildman–Crippen LogP) is 3.92. The van der Waals surface area contributed by atoms with E-state index in [-0.39, 0.29) is 11.2 Å². The third-order valence-electron chi connectivity index (χ3n) is 5.53. The molecule has 1 aliphatic rings. The van der Waals surface area contributed by atoms with Crippen LogP contribution in [0.15, 0.2) is 30.5 Å². The number of anilines is 1. The third kappa shape index (κ3) is 4.49. The predicted molar refractivity (Wildman–Crippen MR) is 133 cm³/mol. The largest absolute Gasteiger partial charge is 0.420 e. The maximum absolute atomic E-state index is 12.5. The highest BCUT2D eigenvalue weighted by Crippen LogP contribution is 2.41. The van der Waals surface area contributed by atoms with Crippen LogP contribution in [0.3, 0.4) is 0 Å². The van der Waals surface area contributed by atoms with Crippen LogP contribution in [0.25, 0.3) is 21.0 Å². The molecule has 4 aromatic rings. The molecule has 5 rings (SSSR count). The van der Waals surface area contributed by atoms with Gasteiger partial charge in [0, 0.05) is 66.6 Å². The quantitative estimate of drug-likeness (QED) is 0.370. The van der Waals surface area contributed by atoms with Crippen LogP contribution in [0.5, 0.6) is 11.8 Å². The van der Waals surface area contributed by atoms with Crippen LogP contribution < -0.4 is 15.4 Å². The summed E-state index contributed by atoms with van der Waals surface area (Å²) in [5.74, 6) is 0.709. The second-order valence-electron chi connectivity index (χ2n) is 7.95. The number of methoxy groups -OCH3 is 1. The minimum absolute atomic E-state index is 0.0501. The average molecular weight is 499 g/mol. The molecule has 0 saturated carbocycles. The summed E-state index contributed by atoms with van der Waals surface area (Å²) >= 11 is 7.53. The fourth-order valence-electron chi connectivity index (χ4n) is 3.90. The van der Waals surface area contributed by atoms with E-state index in [0.717, 1.165) is 38.8 Å². The molecule has 1 aromatic carbocycles. The molecule has 11 heteroatoms. The lowest BCUT2D eigenvalue weighted by atomic mass is 10.1. The number of nitrogens with one attached hydrogen (secondary N) is 2. The lowest BCUT2D eigenvalue weighted by Crippen LogP contribution is -2.24. The van der Waals surface area contributed by atoms with E-state index in [1.165, 1.54) is 11.3 Å². The summed E-state index contributed by atoms with van der Waals surface area (Å²) in [4.78, 5) is 28.3. The Hall–Kier alpha value is -3.05. The molecule has 0 spiro atoms. The van der Waals surface area contributed by atoms with E-state index in [9.17, 15) is 4.79 Å². The molecule has 2 N–H and O–H groups in total. The summed E-state index contributed by atoms with van der Waals surface area (Å²) < 4.78 is 12.2. The van der Waals surface area contributed by atoms with Crippen LogP contribution in [0.4, 0.5) is 5.69 Å². The zero-order valence-electron chi connectivity index (χ0n) is 18.7. The van der Waals surface area contributed by atoms with E-state index >= 15 is 0 Å². The number of aromatic nitrogens is 3. The van der Waals surface area contributed by atoms with Crippen molar-refractivity contribution < 1.29 is 14.3 Å². The molecule has 3 aromatic heterocycles.